The van der Waals surface area contributed by atoms with Gasteiger partial charge in [-0.25, -0.2) is 0 Å². The van der Waals surface area contributed by atoms with Gasteiger partial charge in [-0.2, -0.15) is 0 Å². The van der Waals surface area contributed by atoms with Crippen molar-refractivity contribution in [1.82, 2.24) is 5.32 Å². The van der Waals surface area contributed by atoms with Crippen LogP contribution in [0.25, 0.3) is 0 Å². The molecule has 1 atom stereocenters. The van der Waals surface area contributed by atoms with E-state index in [0.29, 0.717) is 5.02 Å². The SMILES string of the molecule is CNC1CCCN(c2cc(Cl)ccc2Br)C1=O. The predicted octanol–water partition coefficient (Wildman–Crippen LogP) is 2.82. The van der Waals surface area contributed by atoms with Gasteiger partial charge in [0.15, 0.2) is 0 Å². The summed E-state index contributed by atoms with van der Waals surface area (Å²) >= 11 is 9.44. The first-order chi connectivity index (χ1) is 8.13. The molecule has 5 heteroatoms. The lowest BCUT2D eigenvalue weighted by atomic mass is 10.0. The average molecular weight is 318 g/mol. The molecule has 1 saturated heterocycles. The summed E-state index contributed by atoms with van der Waals surface area (Å²) in [5, 5.41) is 3.69. The summed E-state index contributed by atoms with van der Waals surface area (Å²) in [6.07, 6.45) is 1.89. The van der Waals surface area contributed by atoms with E-state index in [1.54, 1.807) is 11.0 Å². The van der Waals surface area contributed by atoms with Gasteiger partial charge in [0.1, 0.15) is 0 Å². The highest BCUT2D eigenvalue weighted by Gasteiger charge is 2.29. The zero-order valence-electron chi connectivity index (χ0n) is 9.54. The van der Waals surface area contributed by atoms with Gasteiger partial charge in [0.05, 0.1) is 11.7 Å². The van der Waals surface area contributed by atoms with Crippen LogP contribution < -0.4 is 10.2 Å². The molecule has 1 aromatic carbocycles. The molecule has 0 aliphatic carbocycles. The van der Waals surface area contributed by atoms with Crippen LogP contribution in [-0.4, -0.2) is 25.5 Å². The van der Waals surface area contributed by atoms with Crippen molar-refractivity contribution in [2.24, 2.45) is 0 Å². The van der Waals surface area contributed by atoms with E-state index in [0.717, 1.165) is 29.5 Å². The lowest BCUT2D eigenvalue weighted by Crippen LogP contribution is -2.49. The lowest BCUT2D eigenvalue weighted by Gasteiger charge is -2.32. The third-order valence-corrected chi connectivity index (χ3v) is 3.89. The molecular weight excluding hydrogens is 304 g/mol. The predicted molar refractivity (Wildman–Crippen MR) is 73.6 cm³/mol. The topological polar surface area (TPSA) is 32.3 Å². The van der Waals surface area contributed by atoms with Gasteiger partial charge in [0.2, 0.25) is 5.91 Å². The fourth-order valence-corrected chi connectivity index (χ4v) is 2.70. The van der Waals surface area contributed by atoms with E-state index in [2.05, 4.69) is 21.2 Å². The molecule has 1 aliphatic rings. The van der Waals surface area contributed by atoms with Crippen molar-refractivity contribution in [3.05, 3.63) is 27.7 Å². The number of nitrogens with one attached hydrogen (secondary N) is 1. The number of piperidine rings is 1. The molecule has 2 rings (SSSR count). The van der Waals surface area contributed by atoms with Crippen molar-refractivity contribution in [1.29, 1.82) is 0 Å². The highest BCUT2D eigenvalue weighted by Crippen LogP contribution is 2.31. The Hall–Kier alpha value is -0.580. The molecule has 0 aromatic heterocycles. The Morgan fingerprint density at radius 1 is 1.53 bits per heavy atom. The monoisotopic (exact) mass is 316 g/mol. The highest BCUT2D eigenvalue weighted by atomic mass is 79.9. The summed E-state index contributed by atoms with van der Waals surface area (Å²) in [6.45, 7) is 0.746. The van der Waals surface area contributed by atoms with E-state index in [4.69, 9.17) is 11.6 Å². The molecule has 1 aliphatic heterocycles. The summed E-state index contributed by atoms with van der Waals surface area (Å²) in [5.41, 5.74) is 0.849. The molecule has 3 nitrogen and oxygen atoms in total. The third kappa shape index (κ3) is 2.64. The van der Waals surface area contributed by atoms with Gasteiger partial charge in [0.25, 0.3) is 0 Å². The molecule has 92 valence electrons. The Morgan fingerprint density at radius 3 is 3.00 bits per heavy atom. The number of nitrogens with zero attached hydrogens (tertiary/aromatic N) is 1. The summed E-state index contributed by atoms with van der Waals surface area (Å²) in [6, 6.07) is 5.41. The van der Waals surface area contributed by atoms with E-state index in [1.807, 2.05) is 19.2 Å². The molecule has 1 unspecified atom stereocenters. The van der Waals surface area contributed by atoms with Crippen LogP contribution in [0.5, 0.6) is 0 Å². The van der Waals surface area contributed by atoms with Crippen molar-refractivity contribution >= 4 is 39.1 Å². The largest absolute Gasteiger partial charge is 0.310 e. The van der Waals surface area contributed by atoms with Gasteiger partial charge in [-0.05, 0) is 54.0 Å². The van der Waals surface area contributed by atoms with Gasteiger partial charge in [-0.15, -0.1) is 0 Å². The minimum atomic E-state index is -0.0883. The number of halogens is 2. The number of hydrogen-bond acceptors (Lipinski definition) is 2. The molecular formula is C12H14BrClN2O. The van der Waals surface area contributed by atoms with E-state index >= 15 is 0 Å². The fourth-order valence-electron chi connectivity index (χ4n) is 2.07. The molecule has 0 radical (unpaired) electrons. The van der Waals surface area contributed by atoms with E-state index in [1.165, 1.54) is 0 Å². The number of hydrogen-bond donors (Lipinski definition) is 1. The Bertz CT molecular complexity index is 439. The van der Waals surface area contributed by atoms with Crippen LogP contribution >= 0.6 is 27.5 Å². The molecule has 0 spiro atoms. The van der Waals surface area contributed by atoms with E-state index < -0.39 is 0 Å². The number of amides is 1. The maximum absolute atomic E-state index is 12.2. The van der Waals surface area contributed by atoms with Crippen LogP contribution in [0.15, 0.2) is 22.7 Å². The minimum Gasteiger partial charge on any atom is -0.310 e. The smallest absolute Gasteiger partial charge is 0.244 e. The lowest BCUT2D eigenvalue weighted by molar-refractivity contribution is -0.121. The number of benzene rings is 1. The standard InChI is InChI=1S/C12H14BrClN2O/c1-15-10-3-2-6-16(12(10)17)11-7-8(14)4-5-9(11)13/h4-5,7,10,15H,2-3,6H2,1H3. The summed E-state index contributed by atoms with van der Waals surface area (Å²) in [7, 11) is 1.82. The normalized spacial score (nSPS) is 20.8. The highest BCUT2D eigenvalue weighted by molar-refractivity contribution is 9.10. The number of carbonyl (C=O) groups excluding carboxylic acids is 1. The molecule has 1 N–H and O–H groups in total. The summed E-state index contributed by atoms with van der Waals surface area (Å²) in [4.78, 5) is 14.0. The van der Waals surface area contributed by atoms with Crippen LogP contribution in [0.2, 0.25) is 5.02 Å². The average Bonchev–Trinajstić information content (AvgIpc) is 2.33. The maximum atomic E-state index is 12.2. The van der Waals surface area contributed by atoms with Crippen molar-refractivity contribution in [2.75, 3.05) is 18.5 Å². The zero-order valence-corrected chi connectivity index (χ0v) is 11.9. The molecule has 1 heterocycles. The van der Waals surface area contributed by atoms with Crippen LogP contribution in [-0.2, 0) is 4.79 Å². The van der Waals surface area contributed by atoms with E-state index in [9.17, 15) is 4.79 Å². The Morgan fingerprint density at radius 2 is 2.29 bits per heavy atom. The minimum absolute atomic E-state index is 0.0883. The molecule has 1 amide bonds. The molecule has 1 aromatic rings. The molecule has 0 bridgehead atoms. The van der Waals surface area contributed by atoms with Crippen molar-refractivity contribution in [3.63, 3.8) is 0 Å². The zero-order chi connectivity index (χ0) is 12.4. The third-order valence-electron chi connectivity index (χ3n) is 2.99. The summed E-state index contributed by atoms with van der Waals surface area (Å²) < 4.78 is 0.895. The van der Waals surface area contributed by atoms with Crippen molar-refractivity contribution < 1.29 is 4.79 Å². The quantitative estimate of drug-likeness (QED) is 0.910. The molecule has 17 heavy (non-hydrogen) atoms. The Kier molecular flexibility index (Phi) is 4.07. The first-order valence-corrected chi connectivity index (χ1v) is 6.74. The van der Waals surface area contributed by atoms with Gasteiger partial charge >= 0.3 is 0 Å². The van der Waals surface area contributed by atoms with Gasteiger partial charge in [-0.3, -0.25) is 4.79 Å². The maximum Gasteiger partial charge on any atom is 0.244 e. The number of carbonyl (C=O) groups is 1. The molecule has 0 saturated carbocycles. The number of anilines is 1. The fraction of sp³-hybridized carbons (Fsp3) is 0.417. The Balaban J connectivity index is 2.32. The summed E-state index contributed by atoms with van der Waals surface area (Å²) in [5.74, 6) is 0.113. The van der Waals surface area contributed by atoms with Crippen molar-refractivity contribution in [2.45, 2.75) is 18.9 Å². The van der Waals surface area contributed by atoms with E-state index in [-0.39, 0.29) is 11.9 Å². The van der Waals surface area contributed by atoms with Crippen LogP contribution in [0, 0.1) is 0 Å². The van der Waals surface area contributed by atoms with Crippen LogP contribution in [0.4, 0.5) is 5.69 Å². The first-order valence-electron chi connectivity index (χ1n) is 5.57. The van der Waals surface area contributed by atoms with Gasteiger partial charge in [-0.1, -0.05) is 11.6 Å². The second-order valence-electron chi connectivity index (χ2n) is 4.07. The molecule has 1 fully saturated rings. The second-order valence-corrected chi connectivity index (χ2v) is 5.36. The van der Waals surface area contributed by atoms with Gasteiger partial charge < -0.3 is 10.2 Å². The van der Waals surface area contributed by atoms with Crippen LogP contribution in [0.3, 0.4) is 0 Å². The number of rotatable bonds is 2. The van der Waals surface area contributed by atoms with Gasteiger partial charge in [0, 0.05) is 16.0 Å². The Labute approximate surface area is 114 Å². The first kappa shape index (κ1) is 12.9. The number of likely N-dealkylation sites (N-methyl/N-ethyl adjacent to an activating group) is 1. The second kappa shape index (κ2) is 5.38. The van der Waals surface area contributed by atoms with Crippen LogP contribution in [0.1, 0.15) is 12.8 Å². The van der Waals surface area contributed by atoms with Crippen molar-refractivity contribution in [3.8, 4) is 0 Å².